The normalized spacial score (nSPS) is 19.2. The maximum atomic E-state index is 12.5. The molecule has 20 heavy (non-hydrogen) atoms. The molecule has 2 rings (SSSR count). The molecule has 1 aliphatic heterocycles. The van der Waals surface area contributed by atoms with Gasteiger partial charge in [-0.2, -0.15) is 0 Å². The van der Waals surface area contributed by atoms with E-state index in [9.17, 15) is 9.59 Å². The molecule has 0 aromatic carbocycles. The van der Waals surface area contributed by atoms with Crippen molar-refractivity contribution < 1.29 is 9.53 Å². The molecule has 0 aliphatic carbocycles. The molecule has 6 heteroatoms. The number of hydrogen-bond donors (Lipinski definition) is 0. The van der Waals surface area contributed by atoms with E-state index >= 15 is 0 Å². The second-order valence-electron chi connectivity index (χ2n) is 6.05. The first-order chi connectivity index (χ1) is 9.34. The van der Waals surface area contributed by atoms with Gasteiger partial charge in [-0.15, -0.1) is 0 Å². The van der Waals surface area contributed by atoms with Crippen LogP contribution in [0.25, 0.3) is 0 Å². The highest BCUT2D eigenvalue weighted by atomic mass is 16.5. The second-order valence-corrected chi connectivity index (χ2v) is 6.05. The fourth-order valence-electron chi connectivity index (χ4n) is 2.46. The van der Waals surface area contributed by atoms with E-state index in [1.54, 1.807) is 17.0 Å². The van der Waals surface area contributed by atoms with Gasteiger partial charge in [-0.1, -0.05) is 0 Å². The largest absolute Gasteiger partial charge is 0.469 e. The molecule has 0 bridgehead atoms. The number of esters is 1. The van der Waals surface area contributed by atoms with Crippen LogP contribution in [0.5, 0.6) is 0 Å². The Morgan fingerprint density at radius 1 is 1.45 bits per heavy atom. The molecule has 1 fully saturated rings. The number of carbonyl (C=O) groups is 1. The summed E-state index contributed by atoms with van der Waals surface area (Å²) in [6.07, 6.45) is 4.02. The monoisotopic (exact) mass is 279 g/mol. The van der Waals surface area contributed by atoms with Crippen LogP contribution in [0, 0.1) is 5.92 Å². The number of ether oxygens (including phenoxy) is 1. The van der Waals surface area contributed by atoms with E-state index in [4.69, 9.17) is 4.74 Å². The molecule has 1 unspecified atom stereocenters. The third kappa shape index (κ3) is 2.69. The fourth-order valence-corrected chi connectivity index (χ4v) is 2.46. The van der Waals surface area contributed by atoms with Gasteiger partial charge in [0.1, 0.15) is 0 Å². The molecule has 1 aliphatic rings. The lowest BCUT2D eigenvalue weighted by Crippen LogP contribution is -2.38. The number of aromatic nitrogens is 2. The van der Waals surface area contributed by atoms with Gasteiger partial charge < -0.3 is 14.2 Å². The van der Waals surface area contributed by atoms with E-state index in [0.717, 1.165) is 0 Å². The average molecular weight is 279 g/mol. The molecule has 1 aromatic heterocycles. The molecule has 0 saturated carbocycles. The zero-order valence-corrected chi connectivity index (χ0v) is 12.4. The van der Waals surface area contributed by atoms with Crippen molar-refractivity contribution in [3.05, 3.63) is 22.7 Å². The SMILES string of the molecule is COC(=O)C1CCN(c2nccn(C(C)(C)C)c2=O)C1. The molecule has 0 radical (unpaired) electrons. The number of anilines is 1. The first kappa shape index (κ1) is 14.6. The van der Waals surface area contributed by atoms with Crippen molar-refractivity contribution in [2.75, 3.05) is 25.1 Å². The third-order valence-electron chi connectivity index (χ3n) is 3.57. The van der Waals surface area contributed by atoms with E-state index in [1.165, 1.54) is 7.11 Å². The number of rotatable bonds is 2. The Bertz CT molecular complexity index is 560. The van der Waals surface area contributed by atoms with Crippen LogP contribution < -0.4 is 10.5 Å². The average Bonchev–Trinajstić information content (AvgIpc) is 2.86. The number of hydrogen-bond acceptors (Lipinski definition) is 5. The van der Waals surface area contributed by atoms with Crippen LogP contribution in [-0.4, -0.2) is 35.7 Å². The van der Waals surface area contributed by atoms with Crippen molar-refractivity contribution in [3.8, 4) is 0 Å². The first-order valence-electron chi connectivity index (χ1n) is 6.75. The molecule has 0 amide bonds. The van der Waals surface area contributed by atoms with Crippen LogP contribution >= 0.6 is 0 Å². The van der Waals surface area contributed by atoms with E-state index in [-0.39, 0.29) is 23.0 Å². The summed E-state index contributed by atoms with van der Waals surface area (Å²) in [4.78, 5) is 30.1. The highest BCUT2D eigenvalue weighted by molar-refractivity contribution is 5.73. The molecule has 0 spiro atoms. The summed E-state index contributed by atoms with van der Waals surface area (Å²) in [5.74, 6) is 0.0119. The van der Waals surface area contributed by atoms with Crippen molar-refractivity contribution >= 4 is 11.8 Å². The summed E-state index contributed by atoms with van der Waals surface area (Å²) in [6, 6.07) is 0. The minimum Gasteiger partial charge on any atom is -0.469 e. The minimum absolute atomic E-state index is 0.120. The second kappa shape index (κ2) is 5.26. The summed E-state index contributed by atoms with van der Waals surface area (Å²) in [6.45, 7) is 7.05. The molecule has 1 atom stereocenters. The molecule has 0 N–H and O–H groups in total. The van der Waals surface area contributed by atoms with Gasteiger partial charge in [0.2, 0.25) is 0 Å². The van der Waals surface area contributed by atoms with Gasteiger partial charge in [-0.05, 0) is 27.2 Å². The predicted molar refractivity (Wildman–Crippen MR) is 75.8 cm³/mol. The smallest absolute Gasteiger partial charge is 0.310 e. The van der Waals surface area contributed by atoms with Gasteiger partial charge in [-0.3, -0.25) is 9.59 Å². The van der Waals surface area contributed by atoms with Gasteiger partial charge in [0.05, 0.1) is 13.0 Å². The molecule has 1 aromatic rings. The Hall–Kier alpha value is -1.85. The van der Waals surface area contributed by atoms with Crippen LogP contribution in [0.3, 0.4) is 0 Å². The van der Waals surface area contributed by atoms with E-state index in [0.29, 0.717) is 25.3 Å². The molecule has 1 saturated heterocycles. The highest BCUT2D eigenvalue weighted by Crippen LogP contribution is 2.21. The number of methoxy groups -OCH3 is 1. The topological polar surface area (TPSA) is 64.4 Å². The van der Waals surface area contributed by atoms with Crippen LogP contribution in [0.15, 0.2) is 17.2 Å². The van der Waals surface area contributed by atoms with Crippen molar-refractivity contribution in [3.63, 3.8) is 0 Å². The quantitative estimate of drug-likeness (QED) is 0.756. The zero-order valence-electron chi connectivity index (χ0n) is 12.4. The highest BCUT2D eigenvalue weighted by Gasteiger charge is 2.31. The van der Waals surface area contributed by atoms with Crippen LogP contribution in [0.4, 0.5) is 5.82 Å². The Kier molecular flexibility index (Phi) is 3.83. The van der Waals surface area contributed by atoms with Gasteiger partial charge in [0, 0.05) is 31.0 Å². The van der Waals surface area contributed by atoms with Crippen molar-refractivity contribution in [2.24, 2.45) is 5.92 Å². The van der Waals surface area contributed by atoms with Crippen molar-refractivity contribution in [1.82, 2.24) is 9.55 Å². The van der Waals surface area contributed by atoms with Gasteiger partial charge >= 0.3 is 5.97 Å². The summed E-state index contributed by atoms with van der Waals surface area (Å²) >= 11 is 0. The van der Waals surface area contributed by atoms with Crippen LogP contribution in [0.1, 0.15) is 27.2 Å². The summed E-state index contributed by atoms with van der Waals surface area (Å²) in [5.41, 5.74) is -0.415. The molecular formula is C14H21N3O3. The van der Waals surface area contributed by atoms with E-state index in [1.807, 2.05) is 25.7 Å². The lowest BCUT2D eigenvalue weighted by Gasteiger charge is -2.24. The standard InChI is InChI=1S/C14H21N3O3/c1-14(2,3)17-8-6-15-11(12(17)18)16-7-5-10(9-16)13(19)20-4/h6,8,10H,5,7,9H2,1-4H3. The molecular weight excluding hydrogens is 258 g/mol. The van der Waals surface area contributed by atoms with Gasteiger partial charge in [-0.25, -0.2) is 4.98 Å². The summed E-state index contributed by atoms with van der Waals surface area (Å²) in [5, 5.41) is 0. The van der Waals surface area contributed by atoms with E-state index < -0.39 is 0 Å². The lowest BCUT2D eigenvalue weighted by atomic mass is 10.1. The maximum Gasteiger partial charge on any atom is 0.310 e. The Morgan fingerprint density at radius 2 is 2.15 bits per heavy atom. The lowest BCUT2D eigenvalue weighted by molar-refractivity contribution is -0.144. The Labute approximate surface area is 118 Å². The number of nitrogens with zero attached hydrogens (tertiary/aromatic N) is 3. The maximum absolute atomic E-state index is 12.5. The summed E-state index contributed by atoms with van der Waals surface area (Å²) in [7, 11) is 1.39. The molecule has 2 heterocycles. The predicted octanol–water partition coefficient (Wildman–Crippen LogP) is 0.998. The molecule has 110 valence electrons. The zero-order chi connectivity index (χ0) is 14.9. The Morgan fingerprint density at radius 3 is 2.75 bits per heavy atom. The number of carbonyl (C=O) groups excluding carboxylic acids is 1. The van der Waals surface area contributed by atoms with Gasteiger partial charge in [0.25, 0.3) is 5.56 Å². The van der Waals surface area contributed by atoms with Crippen molar-refractivity contribution in [1.29, 1.82) is 0 Å². The fraction of sp³-hybridized carbons (Fsp3) is 0.643. The Balaban J connectivity index is 2.28. The van der Waals surface area contributed by atoms with Crippen LogP contribution in [-0.2, 0) is 15.1 Å². The van der Waals surface area contributed by atoms with Crippen LogP contribution in [0.2, 0.25) is 0 Å². The summed E-state index contributed by atoms with van der Waals surface area (Å²) < 4.78 is 6.42. The van der Waals surface area contributed by atoms with Crippen molar-refractivity contribution in [2.45, 2.75) is 32.7 Å². The minimum atomic E-state index is -0.295. The molecule has 6 nitrogen and oxygen atoms in total. The third-order valence-corrected chi connectivity index (χ3v) is 3.57. The van der Waals surface area contributed by atoms with Gasteiger partial charge in [0.15, 0.2) is 5.82 Å². The first-order valence-corrected chi connectivity index (χ1v) is 6.75. The van der Waals surface area contributed by atoms with E-state index in [2.05, 4.69) is 4.98 Å².